The SMILES string of the molecule is CC(C)(C)OC(=O)NC(=O)c1cnccc1Cl. The molecule has 1 rings (SSSR count). The van der Waals surface area contributed by atoms with Crippen molar-refractivity contribution in [2.45, 2.75) is 26.4 Å². The van der Waals surface area contributed by atoms with Crippen molar-refractivity contribution in [1.82, 2.24) is 10.3 Å². The van der Waals surface area contributed by atoms with Gasteiger partial charge in [-0.05, 0) is 26.8 Å². The lowest BCUT2D eigenvalue weighted by atomic mass is 10.2. The Morgan fingerprint density at radius 3 is 2.59 bits per heavy atom. The maximum absolute atomic E-state index is 11.6. The molecule has 0 radical (unpaired) electrons. The van der Waals surface area contributed by atoms with Crippen molar-refractivity contribution in [3.8, 4) is 0 Å². The number of pyridine rings is 1. The van der Waals surface area contributed by atoms with Crippen molar-refractivity contribution in [2.24, 2.45) is 0 Å². The second-order valence-electron chi connectivity index (χ2n) is 4.31. The largest absolute Gasteiger partial charge is 0.444 e. The molecule has 0 aliphatic heterocycles. The Bertz CT molecular complexity index is 441. The molecule has 0 aromatic carbocycles. The number of ether oxygens (including phenoxy) is 1. The highest BCUT2D eigenvalue weighted by Crippen LogP contribution is 2.13. The molecule has 0 saturated heterocycles. The fourth-order valence-electron chi connectivity index (χ4n) is 1.01. The van der Waals surface area contributed by atoms with Crippen molar-refractivity contribution in [1.29, 1.82) is 0 Å². The van der Waals surface area contributed by atoms with Crippen LogP contribution in [0.4, 0.5) is 4.79 Å². The molecule has 1 aromatic heterocycles. The quantitative estimate of drug-likeness (QED) is 0.838. The minimum Gasteiger partial charge on any atom is -0.444 e. The molecule has 1 aromatic rings. The highest BCUT2D eigenvalue weighted by atomic mass is 35.5. The molecule has 0 unspecified atom stereocenters. The molecule has 0 saturated carbocycles. The Balaban J connectivity index is 2.68. The topological polar surface area (TPSA) is 68.3 Å². The normalized spacial score (nSPS) is 10.8. The highest BCUT2D eigenvalue weighted by molar-refractivity contribution is 6.34. The maximum atomic E-state index is 11.6. The first kappa shape index (κ1) is 13.4. The van der Waals surface area contributed by atoms with E-state index in [-0.39, 0.29) is 10.6 Å². The summed E-state index contributed by atoms with van der Waals surface area (Å²) in [7, 11) is 0. The summed E-state index contributed by atoms with van der Waals surface area (Å²) in [6.45, 7) is 5.11. The van der Waals surface area contributed by atoms with E-state index < -0.39 is 17.6 Å². The van der Waals surface area contributed by atoms with Crippen molar-refractivity contribution in [2.75, 3.05) is 0 Å². The minimum atomic E-state index is -0.817. The number of rotatable bonds is 1. The Hall–Kier alpha value is -1.62. The molecule has 0 aliphatic carbocycles. The number of carbonyl (C=O) groups excluding carboxylic acids is 2. The summed E-state index contributed by atoms with van der Waals surface area (Å²) in [5, 5.41) is 2.29. The molecule has 2 amide bonds. The molecular weight excluding hydrogens is 244 g/mol. The van der Waals surface area contributed by atoms with Gasteiger partial charge in [0, 0.05) is 12.4 Å². The molecule has 6 heteroatoms. The van der Waals surface area contributed by atoms with E-state index in [1.54, 1.807) is 20.8 Å². The monoisotopic (exact) mass is 256 g/mol. The number of carbonyl (C=O) groups is 2. The van der Waals surface area contributed by atoms with Gasteiger partial charge >= 0.3 is 6.09 Å². The van der Waals surface area contributed by atoms with Gasteiger partial charge in [0.15, 0.2) is 0 Å². The molecule has 5 nitrogen and oxygen atoms in total. The van der Waals surface area contributed by atoms with Gasteiger partial charge in [0.05, 0.1) is 10.6 Å². The molecule has 0 bridgehead atoms. The fourth-order valence-corrected chi connectivity index (χ4v) is 1.20. The summed E-state index contributed by atoms with van der Waals surface area (Å²) in [6, 6.07) is 1.46. The third kappa shape index (κ3) is 4.40. The summed E-state index contributed by atoms with van der Waals surface area (Å²) in [6.07, 6.45) is 1.91. The Morgan fingerprint density at radius 2 is 2.06 bits per heavy atom. The third-order valence-electron chi connectivity index (χ3n) is 1.63. The molecule has 0 fully saturated rings. The van der Waals surface area contributed by atoms with Crippen LogP contribution in [0.5, 0.6) is 0 Å². The number of hydrogen-bond donors (Lipinski definition) is 1. The molecule has 1 N–H and O–H groups in total. The lowest BCUT2D eigenvalue weighted by Crippen LogP contribution is -2.36. The summed E-state index contributed by atoms with van der Waals surface area (Å²) >= 11 is 5.78. The van der Waals surface area contributed by atoms with Crippen LogP contribution >= 0.6 is 11.6 Å². The van der Waals surface area contributed by atoms with Crippen LogP contribution in [0.15, 0.2) is 18.5 Å². The Labute approximate surface area is 104 Å². The standard InChI is InChI=1S/C11H13ClN2O3/c1-11(2,3)17-10(16)14-9(15)7-6-13-5-4-8(7)12/h4-6H,1-3H3,(H,14,15,16). The van der Waals surface area contributed by atoms with Gasteiger partial charge in [0.25, 0.3) is 5.91 Å². The van der Waals surface area contributed by atoms with E-state index in [0.717, 1.165) is 0 Å². The van der Waals surface area contributed by atoms with Crippen molar-refractivity contribution in [3.05, 3.63) is 29.0 Å². The number of imide groups is 1. The van der Waals surface area contributed by atoms with Crippen LogP contribution in [0.25, 0.3) is 0 Å². The van der Waals surface area contributed by atoms with Crippen LogP contribution < -0.4 is 5.32 Å². The molecule has 1 heterocycles. The van der Waals surface area contributed by atoms with E-state index in [1.165, 1.54) is 18.5 Å². The van der Waals surface area contributed by atoms with Crippen LogP contribution in [0.3, 0.4) is 0 Å². The number of aromatic nitrogens is 1. The molecular formula is C11H13ClN2O3. The van der Waals surface area contributed by atoms with Crippen molar-refractivity contribution >= 4 is 23.6 Å². The van der Waals surface area contributed by atoms with E-state index in [4.69, 9.17) is 16.3 Å². The summed E-state index contributed by atoms with van der Waals surface area (Å²) in [4.78, 5) is 26.7. The molecule has 92 valence electrons. The molecule has 0 atom stereocenters. The van der Waals surface area contributed by atoms with Gasteiger partial charge < -0.3 is 4.74 Å². The van der Waals surface area contributed by atoms with E-state index in [9.17, 15) is 9.59 Å². The number of nitrogens with zero attached hydrogens (tertiary/aromatic N) is 1. The first-order valence-electron chi connectivity index (χ1n) is 4.93. The average Bonchev–Trinajstić information content (AvgIpc) is 2.14. The number of halogens is 1. The van der Waals surface area contributed by atoms with Crippen LogP contribution in [0, 0.1) is 0 Å². The van der Waals surface area contributed by atoms with Gasteiger partial charge in [-0.1, -0.05) is 11.6 Å². The smallest absolute Gasteiger partial charge is 0.414 e. The molecule has 0 aliphatic rings. The van der Waals surface area contributed by atoms with Gasteiger partial charge in [0.1, 0.15) is 5.60 Å². The average molecular weight is 257 g/mol. The lowest BCUT2D eigenvalue weighted by Gasteiger charge is -2.19. The van der Waals surface area contributed by atoms with Gasteiger partial charge in [-0.25, -0.2) is 4.79 Å². The molecule has 17 heavy (non-hydrogen) atoms. The van der Waals surface area contributed by atoms with Crippen LogP contribution in [-0.2, 0) is 4.74 Å². The predicted octanol–water partition coefficient (Wildman–Crippen LogP) is 2.40. The van der Waals surface area contributed by atoms with Gasteiger partial charge in [-0.2, -0.15) is 0 Å². The highest BCUT2D eigenvalue weighted by Gasteiger charge is 2.19. The minimum absolute atomic E-state index is 0.125. The van der Waals surface area contributed by atoms with E-state index in [2.05, 4.69) is 10.3 Å². The maximum Gasteiger partial charge on any atom is 0.414 e. The van der Waals surface area contributed by atoms with Crippen LogP contribution in [0.1, 0.15) is 31.1 Å². The zero-order valence-electron chi connectivity index (χ0n) is 9.78. The van der Waals surface area contributed by atoms with Gasteiger partial charge in [-0.3, -0.25) is 15.1 Å². The zero-order chi connectivity index (χ0) is 13.1. The number of hydrogen-bond acceptors (Lipinski definition) is 4. The Morgan fingerprint density at radius 1 is 1.41 bits per heavy atom. The van der Waals surface area contributed by atoms with Gasteiger partial charge in [0.2, 0.25) is 0 Å². The van der Waals surface area contributed by atoms with Crippen LogP contribution in [-0.4, -0.2) is 22.6 Å². The van der Waals surface area contributed by atoms with Crippen molar-refractivity contribution < 1.29 is 14.3 Å². The van der Waals surface area contributed by atoms with Crippen LogP contribution in [0.2, 0.25) is 5.02 Å². The molecule has 0 spiro atoms. The Kier molecular flexibility index (Phi) is 4.07. The van der Waals surface area contributed by atoms with E-state index in [0.29, 0.717) is 0 Å². The van der Waals surface area contributed by atoms with Crippen molar-refractivity contribution in [3.63, 3.8) is 0 Å². The predicted molar refractivity (Wildman–Crippen MR) is 62.9 cm³/mol. The van der Waals surface area contributed by atoms with E-state index >= 15 is 0 Å². The summed E-state index contributed by atoms with van der Waals surface area (Å²) in [5.74, 6) is -0.641. The fraction of sp³-hybridized carbons (Fsp3) is 0.364. The second-order valence-corrected chi connectivity index (χ2v) is 4.72. The first-order valence-corrected chi connectivity index (χ1v) is 5.31. The number of amides is 2. The first-order chi connectivity index (χ1) is 7.79. The van der Waals surface area contributed by atoms with E-state index in [1.807, 2.05) is 0 Å². The van der Waals surface area contributed by atoms with Gasteiger partial charge in [-0.15, -0.1) is 0 Å². The number of alkyl carbamates (subject to hydrolysis) is 1. The lowest BCUT2D eigenvalue weighted by molar-refractivity contribution is 0.0508. The number of nitrogens with one attached hydrogen (secondary N) is 1. The second kappa shape index (κ2) is 5.14. The summed E-state index contributed by atoms with van der Waals surface area (Å²) in [5.41, 5.74) is -0.539. The zero-order valence-corrected chi connectivity index (χ0v) is 10.5. The third-order valence-corrected chi connectivity index (χ3v) is 1.96. The summed E-state index contributed by atoms with van der Waals surface area (Å²) < 4.78 is 4.94.